The van der Waals surface area contributed by atoms with E-state index in [9.17, 15) is 13.2 Å². The Morgan fingerprint density at radius 2 is 1.77 bits per heavy atom. The van der Waals surface area contributed by atoms with Crippen LogP contribution >= 0.6 is 0 Å². The van der Waals surface area contributed by atoms with Gasteiger partial charge in [0.15, 0.2) is 23.3 Å². The van der Waals surface area contributed by atoms with Crippen LogP contribution in [0.1, 0.15) is 19.0 Å². The monoisotopic (exact) mass is 311 g/mol. The Kier molecular flexibility index (Phi) is 5.32. The molecule has 2 N–H and O–H groups in total. The first-order chi connectivity index (χ1) is 10.5. The molecule has 0 aliphatic heterocycles. The Morgan fingerprint density at radius 3 is 2.36 bits per heavy atom. The third-order valence-electron chi connectivity index (χ3n) is 3.02. The van der Waals surface area contributed by atoms with Crippen LogP contribution in [0.4, 0.5) is 19.0 Å². The van der Waals surface area contributed by atoms with Crippen molar-refractivity contribution in [1.82, 2.24) is 9.97 Å². The number of nitrogens with one attached hydrogen (secondary N) is 1. The molecule has 0 fully saturated rings. The first-order valence-electron chi connectivity index (χ1n) is 6.92. The molecular formula is C15H16F3N3O. The number of aryl methyl sites for hydroxylation is 1. The summed E-state index contributed by atoms with van der Waals surface area (Å²) in [4.78, 5) is 8.38. The maximum Gasteiger partial charge on any atom is 0.194 e. The van der Waals surface area contributed by atoms with Gasteiger partial charge in [-0.2, -0.15) is 0 Å². The Balaban J connectivity index is 2.39. The average molecular weight is 311 g/mol. The van der Waals surface area contributed by atoms with Crippen LogP contribution in [0.15, 0.2) is 18.2 Å². The molecule has 0 saturated heterocycles. The lowest BCUT2D eigenvalue weighted by Crippen LogP contribution is -2.07. The highest BCUT2D eigenvalue weighted by atomic mass is 19.2. The first kappa shape index (κ1) is 16.2. The zero-order valence-electron chi connectivity index (χ0n) is 12.0. The Labute approximate surface area is 126 Å². The van der Waals surface area contributed by atoms with Gasteiger partial charge in [-0.15, -0.1) is 0 Å². The normalized spacial score (nSPS) is 10.8. The molecule has 22 heavy (non-hydrogen) atoms. The number of anilines is 1. The summed E-state index contributed by atoms with van der Waals surface area (Å²) in [5.41, 5.74) is 0.749. The van der Waals surface area contributed by atoms with Gasteiger partial charge in [-0.25, -0.2) is 23.1 Å². The van der Waals surface area contributed by atoms with Crippen molar-refractivity contribution in [3.63, 3.8) is 0 Å². The summed E-state index contributed by atoms with van der Waals surface area (Å²) in [6.07, 6.45) is 1.15. The van der Waals surface area contributed by atoms with E-state index in [2.05, 4.69) is 15.3 Å². The van der Waals surface area contributed by atoms with Gasteiger partial charge < -0.3 is 10.4 Å². The highest BCUT2D eigenvalue weighted by Gasteiger charge is 2.14. The smallest absolute Gasteiger partial charge is 0.194 e. The summed E-state index contributed by atoms with van der Waals surface area (Å²) < 4.78 is 39.7. The molecule has 0 spiro atoms. The van der Waals surface area contributed by atoms with Crippen molar-refractivity contribution >= 4 is 5.82 Å². The fraction of sp³-hybridized carbons (Fsp3) is 0.333. The van der Waals surface area contributed by atoms with E-state index in [4.69, 9.17) is 5.11 Å². The van der Waals surface area contributed by atoms with Crippen LogP contribution in [0.25, 0.3) is 11.4 Å². The maximum atomic E-state index is 13.3. The molecular weight excluding hydrogens is 295 g/mol. The molecule has 0 unspecified atom stereocenters. The van der Waals surface area contributed by atoms with Crippen molar-refractivity contribution in [2.45, 2.75) is 19.8 Å². The van der Waals surface area contributed by atoms with Gasteiger partial charge in [-0.3, -0.25) is 0 Å². The van der Waals surface area contributed by atoms with E-state index >= 15 is 0 Å². The average Bonchev–Trinajstić information content (AvgIpc) is 2.52. The molecule has 1 heterocycles. The number of nitrogens with zero attached hydrogens (tertiary/aromatic N) is 2. The Bertz CT molecular complexity index is 641. The van der Waals surface area contributed by atoms with Gasteiger partial charge in [-0.1, -0.05) is 6.92 Å². The van der Waals surface area contributed by atoms with E-state index in [1.54, 1.807) is 6.07 Å². The predicted octanol–water partition coefficient (Wildman–Crippen LogP) is 2.92. The lowest BCUT2D eigenvalue weighted by molar-refractivity contribution is 0.292. The maximum absolute atomic E-state index is 13.3. The van der Waals surface area contributed by atoms with Crippen LogP contribution < -0.4 is 5.32 Å². The molecule has 2 rings (SSSR count). The van der Waals surface area contributed by atoms with Crippen LogP contribution in [-0.2, 0) is 6.42 Å². The molecule has 0 aliphatic rings. The second-order valence-corrected chi connectivity index (χ2v) is 4.68. The predicted molar refractivity (Wildman–Crippen MR) is 76.9 cm³/mol. The second kappa shape index (κ2) is 7.22. The van der Waals surface area contributed by atoms with Crippen LogP contribution in [0.3, 0.4) is 0 Å². The molecule has 0 saturated carbocycles. The fourth-order valence-electron chi connectivity index (χ4n) is 1.88. The van der Waals surface area contributed by atoms with Crippen LogP contribution in [0, 0.1) is 17.5 Å². The molecule has 1 aromatic heterocycles. The number of hydrogen-bond acceptors (Lipinski definition) is 4. The first-order valence-corrected chi connectivity index (χ1v) is 6.92. The van der Waals surface area contributed by atoms with Gasteiger partial charge in [0.1, 0.15) is 5.82 Å². The van der Waals surface area contributed by atoms with E-state index in [1.165, 1.54) is 0 Å². The number of aromatic nitrogens is 2. The highest BCUT2D eigenvalue weighted by molar-refractivity contribution is 5.58. The third-order valence-corrected chi connectivity index (χ3v) is 3.02. The van der Waals surface area contributed by atoms with Crippen LogP contribution in [0.2, 0.25) is 0 Å². The quantitative estimate of drug-likeness (QED) is 0.636. The SMILES string of the molecule is CCc1cc(NCCCO)nc(-c2cc(F)c(F)c(F)c2)n1. The molecule has 1 aromatic carbocycles. The molecule has 0 aliphatic carbocycles. The van der Waals surface area contributed by atoms with Crippen molar-refractivity contribution in [3.05, 3.63) is 41.3 Å². The lowest BCUT2D eigenvalue weighted by atomic mass is 10.2. The van der Waals surface area contributed by atoms with Gasteiger partial charge in [0.05, 0.1) is 0 Å². The zero-order chi connectivity index (χ0) is 16.1. The molecule has 0 bridgehead atoms. The number of hydrogen-bond donors (Lipinski definition) is 2. The fourth-order valence-corrected chi connectivity index (χ4v) is 1.88. The zero-order valence-corrected chi connectivity index (χ0v) is 12.0. The number of halogens is 3. The van der Waals surface area contributed by atoms with Gasteiger partial charge in [-0.05, 0) is 25.0 Å². The molecule has 0 radical (unpaired) electrons. The summed E-state index contributed by atoms with van der Waals surface area (Å²) in [5, 5.41) is 11.8. The molecule has 0 atom stereocenters. The molecule has 2 aromatic rings. The summed E-state index contributed by atoms with van der Waals surface area (Å²) in [6, 6.07) is 3.45. The second-order valence-electron chi connectivity index (χ2n) is 4.68. The minimum atomic E-state index is -1.52. The summed E-state index contributed by atoms with van der Waals surface area (Å²) in [5.74, 6) is -3.48. The summed E-state index contributed by atoms with van der Waals surface area (Å²) in [7, 11) is 0. The molecule has 4 nitrogen and oxygen atoms in total. The van der Waals surface area contributed by atoms with E-state index in [0.29, 0.717) is 30.9 Å². The lowest BCUT2D eigenvalue weighted by Gasteiger charge is -2.09. The van der Waals surface area contributed by atoms with Crippen molar-refractivity contribution in [3.8, 4) is 11.4 Å². The largest absolute Gasteiger partial charge is 0.396 e. The van der Waals surface area contributed by atoms with E-state index in [1.807, 2.05) is 6.92 Å². The van der Waals surface area contributed by atoms with Crippen molar-refractivity contribution in [2.24, 2.45) is 0 Å². The van der Waals surface area contributed by atoms with Crippen LogP contribution in [-0.4, -0.2) is 28.2 Å². The van der Waals surface area contributed by atoms with Crippen molar-refractivity contribution in [1.29, 1.82) is 0 Å². The minimum absolute atomic E-state index is 0.0416. The van der Waals surface area contributed by atoms with Crippen molar-refractivity contribution < 1.29 is 18.3 Å². The van der Waals surface area contributed by atoms with Gasteiger partial charge in [0.2, 0.25) is 0 Å². The molecule has 7 heteroatoms. The number of rotatable bonds is 6. The van der Waals surface area contributed by atoms with Crippen molar-refractivity contribution in [2.75, 3.05) is 18.5 Å². The van der Waals surface area contributed by atoms with E-state index < -0.39 is 17.5 Å². The summed E-state index contributed by atoms with van der Waals surface area (Å²) in [6.45, 7) is 2.43. The van der Waals surface area contributed by atoms with Gasteiger partial charge >= 0.3 is 0 Å². The molecule has 0 amide bonds. The van der Waals surface area contributed by atoms with Gasteiger partial charge in [0.25, 0.3) is 0 Å². The Hall–Kier alpha value is -2.15. The topological polar surface area (TPSA) is 58.0 Å². The molecule has 118 valence electrons. The van der Waals surface area contributed by atoms with E-state index in [-0.39, 0.29) is 18.0 Å². The number of benzene rings is 1. The summed E-state index contributed by atoms with van der Waals surface area (Å²) >= 11 is 0. The standard InChI is InChI=1S/C15H16F3N3O/c1-2-10-8-13(19-4-3-5-22)21-15(20-10)9-6-11(16)14(18)12(17)7-9/h6-8,22H,2-5H2,1H3,(H,19,20,21). The van der Waals surface area contributed by atoms with E-state index in [0.717, 1.165) is 12.1 Å². The Morgan fingerprint density at radius 1 is 1.09 bits per heavy atom. The number of aliphatic hydroxyl groups excluding tert-OH is 1. The highest BCUT2D eigenvalue weighted by Crippen LogP contribution is 2.22. The van der Waals surface area contributed by atoms with Crippen LogP contribution in [0.5, 0.6) is 0 Å². The number of aliphatic hydroxyl groups is 1. The minimum Gasteiger partial charge on any atom is -0.396 e. The third kappa shape index (κ3) is 3.73. The van der Waals surface area contributed by atoms with Gasteiger partial charge in [0, 0.05) is 30.5 Å².